The number of aromatic amines is 2. The Morgan fingerprint density at radius 2 is 0.643 bits per heavy atom. The van der Waals surface area contributed by atoms with Gasteiger partial charge in [-0.2, -0.15) is 0 Å². The van der Waals surface area contributed by atoms with E-state index in [0.29, 0.717) is 0 Å². The summed E-state index contributed by atoms with van der Waals surface area (Å²) in [6.45, 7) is 14.3. The van der Waals surface area contributed by atoms with Gasteiger partial charge in [0.2, 0.25) is 0 Å². The van der Waals surface area contributed by atoms with E-state index in [9.17, 15) is 0 Å². The van der Waals surface area contributed by atoms with Crippen LogP contribution in [0.15, 0.2) is 146 Å². The van der Waals surface area contributed by atoms with Gasteiger partial charge >= 0.3 is 0 Å². The minimum Gasteiger partial charge on any atom is -0.354 e. The summed E-state index contributed by atoms with van der Waals surface area (Å²) >= 11 is 0. The third-order valence-electron chi connectivity index (χ3n) is 11.4. The Morgan fingerprint density at radius 3 is 0.946 bits per heavy atom. The summed E-state index contributed by atoms with van der Waals surface area (Å²) in [5, 5.41) is 0. The Hall–Kier alpha value is -6.26. The lowest BCUT2D eigenvalue weighted by atomic mass is 9.62. The van der Waals surface area contributed by atoms with Gasteiger partial charge in [-0.3, -0.25) is 4.98 Å². The molecule has 2 unspecified atom stereocenters. The summed E-state index contributed by atoms with van der Waals surface area (Å²) in [4.78, 5) is 19.3. The average Bonchev–Trinajstić information content (AvgIpc) is 4.02. The SMILES string of the molecule is CC(C)(C)C1c2nc(c(-c3ccccc3)c3ccc([nH]3)c(-c3ccccc3)c3nc(c(-c4ccccc4)c4ccc([nH]4)c2-c2ccccc2)C=C3)C1C(C)(C)C. The van der Waals surface area contributed by atoms with Gasteiger partial charge in [0, 0.05) is 56.2 Å². The third-order valence-corrected chi connectivity index (χ3v) is 11.4. The number of hydrogen-bond acceptors (Lipinski definition) is 2. The largest absolute Gasteiger partial charge is 0.354 e. The van der Waals surface area contributed by atoms with Crippen molar-refractivity contribution in [1.29, 1.82) is 0 Å². The van der Waals surface area contributed by atoms with Crippen LogP contribution in [0.25, 0.3) is 78.7 Å². The van der Waals surface area contributed by atoms with Gasteiger partial charge in [0.25, 0.3) is 0 Å². The van der Waals surface area contributed by atoms with Crippen LogP contribution in [0, 0.1) is 10.8 Å². The van der Waals surface area contributed by atoms with Crippen LogP contribution in [-0.2, 0) is 0 Å². The summed E-state index contributed by atoms with van der Waals surface area (Å²) in [5.41, 5.74) is 16.8. The van der Waals surface area contributed by atoms with Crippen LogP contribution in [-0.4, -0.2) is 19.9 Å². The smallest absolute Gasteiger partial charge is 0.0737 e. The molecule has 56 heavy (non-hydrogen) atoms. The molecule has 8 bridgehead atoms. The highest BCUT2D eigenvalue weighted by Crippen LogP contribution is 2.58. The van der Waals surface area contributed by atoms with Gasteiger partial charge in [-0.15, -0.1) is 0 Å². The van der Waals surface area contributed by atoms with E-state index in [1.165, 1.54) is 0 Å². The second-order valence-corrected chi connectivity index (χ2v) is 17.3. The van der Waals surface area contributed by atoms with Crippen LogP contribution in [0.5, 0.6) is 0 Å². The van der Waals surface area contributed by atoms with Crippen LogP contribution in [0.1, 0.15) is 76.2 Å². The Labute approximate surface area is 330 Å². The second-order valence-electron chi connectivity index (χ2n) is 17.3. The van der Waals surface area contributed by atoms with Crippen molar-refractivity contribution in [1.82, 2.24) is 19.9 Å². The van der Waals surface area contributed by atoms with E-state index in [4.69, 9.17) is 9.97 Å². The lowest BCUT2D eigenvalue weighted by Gasteiger charge is -2.40. The second kappa shape index (κ2) is 13.8. The van der Waals surface area contributed by atoms with Crippen molar-refractivity contribution in [2.75, 3.05) is 0 Å². The average molecular weight is 729 g/mol. The molecule has 3 aromatic heterocycles. The molecule has 5 heterocycles. The highest BCUT2D eigenvalue weighted by Gasteiger charge is 2.48. The number of hydrogen-bond donors (Lipinski definition) is 2. The fourth-order valence-corrected chi connectivity index (χ4v) is 9.03. The minimum atomic E-state index is -0.121. The third kappa shape index (κ3) is 6.29. The quantitative estimate of drug-likeness (QED) is 0.190. The van der Waals surface area contributed by atoms with E-state index in [0.717, 1.165) is 89.4 Å². The molecule has 4 nitrogen and oxygen atoms in total. The zero-order chi connectivity index (χ0) is 38.6. The zero-order valence-electron chi connectivity index (χ0n) is 33.1. The van der Waals surface area contributed by atoms with E-state index >= 15 is 0 Å². The highest BCUT2D eigenvalue weighted by molar-refractivity contribution is 5.97. The van der Waals surface area contributed by atoms with Crippen molar-refractivity contribution in [3.63, 3.8) is 0 Å². The number of nitrogens with zero attached hydrogens (tertiary/aromatic N) is 2. The predicted octanol–water partition coefficient (Wildman–Crippen LogP) is 14.1. The molecular weight excluding hydrogens is 681 g/mol. The van der Waals surface area contributed by atoms with Gasteiger partial charge in [0.15, 0.2) is 0 Å². The van der Waals surface area contributed by atoms with Gasteiger partial charge in [-0.05, 0) is 69.5 Å². The molecule has 0 spiro atoms. The van der Waals surface area contributed by atoms with Gasteiger partial charge in [0.1, 0.15) is 0 Å². The number of H-pyrrole nitrogens is 2. The number of aromatic nitrogens is 4. The Morgan fingerprint density at radius 1 is 0.357 bits per heavy atom. The first-order chi connectivity index (χ1) is 27.1. The van der Waals surface area contributed by atoms with Crippen molar-refractivity contribution >= 4 is 34.2 Å². The first kappa shape index (κ1) is 35.4. The maximum atomic E-state index is 5.96. The molecule has 0 fully saturated rings. The summed E-state index contributed by atoms with van der Waals surface area (Å²) in [6.07, 6.45) is 4.33. The fraction of sp³-hybridized carbons (Fsp3) is 0.192. The van der Waals surface area contributed by atoms with Crippen molar-refractivity contribution < 1.29 is 0 Å². The maximum absolute atomic E-state index is 5.96. The van der Waals surface area contributed by atoms with Crippen LogP contribution in [0.2, 0.25) is 0 Å². The van der Waals surface area contributed by atoms with E-state index in [2.05, 4.69) is 209 Å². The molecule has 2 aliphatic heterocycles. The first-order valence-electron chi connectivity index (χ1n) is 19.8. The van der Waals surface area contributed by atoms with Crippen LogP contribution >= 0.6 is 0 Å². The monoisotopic (exact) mass is 728 g/mol. The van der Waals surface area contributed by atoms with E-state index in [1.807, 2.05) is 0 Å². The van der Waals surface area contributed by atoms with E-state index in [1.54, 1.807) is 0 Å². The minimum absolute atomic E-state index is 0.103. The molecule has 0 saturated carbocycles. The highest BCUT2D eigenvalue weighted by atomic mass is 14.8. The molecule has 7 aromatic rings. The Balaban J connectivity index is 1.55. The molecule has 9 rings (SSSR count). The molecule has 276 valence electrons. The first-order valence-corrected chi connectivity index (χ1v) is 19.8. The van der Waals surface area contributed by atoms with E-state index in [-0.39, 0.29) is 22.7 Å². The standard InChI is InChI=1S/C52H48N4/c1-51(2,3)47-48(52(4,5)6)50-46(36-25-17-10-18-26-36)42-32-30-40(55-42)44(34-21-13-8-14-22-34)38-28-27-37(53-38)43(33-19-11-7-12-20-33)39-29-31-41(54-39)45(49(47)56-50)35-23-15-9-16-24-35/h7-32,47-48,54-55H,1-6H3. The van der Waals surface area contributed by atoms with Gasteiger partial charge in [-0.1, -0.05) is 163 Å². The fourth-order valence-electron chi connectivity index (χ4n) is 9.03. The molecule has 0 aliphatic carbocycles. The molecule has 2 N–H and O–H groups in total. The van der Waals surface area contributed by atoms with Crippen LogP contribution in [0.3, 0.4) is 0 Å². The summed E-state index contributed by atoms with van der Waals surface area (Å²) in [5.74, 6) is 0.206. The van der Waals surface area contributed by atoms with Crippen molar-refractivity contribution in [3.05, 3.63) is 168 Å². The topological polar surface area (TPSA) is 57.4 Å². The summed E-state index contributed by atoms with van der Waals surface area (Å²) in [7, 11) is 0. The molecule has 0 radical (unpaired) electrons. The number of rotatable bonds is 4. The van der Waals surface area contributed by atoms with Crippen molar-refractivity contribution in [3.8, 4) is 44.5 Å². The summed E-state index contributed by atoms with van der Waals surface area (Å²) < 4.78 is 0. The predicted molar refractivity (Wildman–Crippen MR) is 236 cm³/mol. The molecule has 0 saturated heterocycles. The molecule has 2 atom stereocenters. The van der Waals surface area contributed by atoms with Gasteiger partial charge in [0.05, 0.1) is 22.8 Å². The lowest BCUT2D eigenvalue weighted by molar-refractivity contribution is 0.196. The molecule has 4 heteroatoms. The van der Waals surface area contributed by atoms with Gasteiger partial charge in [-0.25, -0.2) is 4.98 Å². The zero-order valence-corrected chi connectivity index (χ0v) is 33.1. The normalized spacial score (nSPS) is 15.6. The lowest BCUT2D eigenvalue weighted by Crippen LogP contribution is -2.30. The van der Waals surface area contributed by atoms with Crippen molar-refractivity contribution in [2.24, 2.45) is 10.8 Å². The van der Waals surface area contributed by atoms with Gasteiger partial charge < -0.3 is 9.97 Å². The maximum Gasteiger partial charge on any atom is 0.0737 e. The number of fused-ring (bicyclic) bond motifs is 8. The summed E-state index contributed by atoms with van der Waals surface area (Å²) in [6, 6.07) is 51.8. The number of nitrogens with one attached hydrogen (secondary N) is 2. The van der Waals surface area contributed by atoms with Crippen LogP contribution in [0.4, 0.5) is 0 Å². The van der Waals surface area contributed by atoms with E-state index < -0.39 is 0 Å². The Bertz CT molecular complexity index is 2550. The Kier molecular flexibility index (Phi) is 8.73. The molecular formula is C52H48N4. The molecule has 2 aliphatic rings. The molecule has 0 amide bonds. The van der Waals surface area contributed by atoms with Crippen LogP contribution < -0.4 is 0 Å². The number of benzene rings is 4. The molecule has 4 aromatic carbocycles. The van der Waals surface area contributed by atoms with Crippen molar-refractivity contribution in [2.45, 2.75) is 53.4 Å².